The molecule has 0 aromatic heterocycles. The van der Waals surface area contributed by atoms with Crippen LogP contribution in [0.5, 0.6) is 0 Å². The number of allylic oxidation sites excluding steroid dienone is 2. The largest absolute Gasteiger partial charge is 0.463 e. The summed E-state index contributed by atoms with van der Waals surface area (Å²) in [6.45, 7) is 5.34. The Bertz CT molecular complexity index is 386. The summed E-state index contributed by atoms with van der Waals surface area (Å²) < 4.78 is 10.3. The Labute approximate surface area is 172 Å². The van der Waals surface area contributed by atoms with E-state index < -0.39 is 0 Å². The highest BCUT2D eigenvalue weighted by atomic mass is 16.5. The third kappa shape index (κ3) is 20.7. The summed E-state index contributed by atoms with van der Waals surface area (Å²) in [5.74, 6) is -0.737. The van der Waals surface area contributed by atoms with E-state index in [0.717, 1.165) is 25.7 Å². The number of carbonyl (C=O) groups is 2. The van der Waals surface area contributed by atoms with Gasteiger partial charge in [0.05, 0.1) is 13.2 Å². The predicted octanol–water partition coefficient (Wildman–Crippen LogP) is 6.69. The number of unbranched alkanes of at least 4 members (excludes halogenated alkanes) is 12. The van der Waals surface area contributed by atoms with E-state index in [4.69, 9.17) is 9.47 Å². The maximum atomic E-state index is 11.5. The van der Waals surface area contributed by atoms with Crippen LogP contribution in [0.2, 0.25) is 0 Å². The maximum absolute atomic E-state index is 11.5. The van der Waals surface area contributed by atoms with E-state index in [2.05, 4.69) is 13.8 Å². The predicted molar refractivity (Wildman–Crippen MR) is 116 cm³/mol. The molecule has 4 heteroatoms. The molecule has 0 spiro atoms. The number of hydrogen-bond donors (Lipinski definition) is 0. The minimum atomic E-state index is -0.368. The summed E-state index contributed by atoms with van der Waals surface area (Å²) in [5, 5.41) is 0. The van der Waals surface area contributed by atoms with Gasteiger partial charge in [-0.15, -0.1) is 0 Å². The highest BCUT2D eigenvalue weighted by Crippen LogP contribution is 2.07. The van der Waals surface area contributed by atoms with E-state index in [1.54, 1.807) is 0 Å². The lowest BCUT2D eigenvalue weighted by Gasteiger charge is -2.02. The minimum absolute atomic E-state index is 0.368. The fraction of sp³-hybridized carbons (Fsp3) is 0.750. The summed E-state index contributed by atoms with van der Waals surface area (Å²) in [7, 11) is 0. The Morgan fingerprint density at radius 2 is 0.857 bits per heavy atom. The molecule has 0 atom stereocenters. The van der Waals surface area contributed by atoms with Gasteiger partial charge in [-0.05, 0) is 12.8 Å². The molecule has 0 aliphatic carbocycles. The first kappa shape index (κ1) is 26.4. The molecule has 0 aromatic rings. The molecule has 0 amide bonds. The van der Waals surface area contributed by atoms with Crippen molar-refractivity contribution in [2.45, 2.75) is 104 Å². The Kier molecular flexibility index (Phi) is 20.5. The molecular formula is C24H42O4. The number of esters is 2. The van der Waals surface area contributed by atoms with E-state index in [-0.39, 0.29) is 11.9 Å². The first-order chi connectivity index (χ1) is 13.7. The van der Waals surface area contributed by atoms with Crippen molar-refractivity contribution >= 4 is 11.9 Å². The molecule has 0 bridgehead atoms. The van der Waals surface area contributed by atoms with Crippen molar-refractivity contribution in [3.05, 3.63) is 24.3 Å². The number of carbonyl (C=O) groups excluding carboxylic acids is 2. The van der Waals surface area contributed by atoms with Crippen molar-refractivity contribution in [1.29, 1.82) is 0 Å². The summed E-state index contributed by atoms with van der Waals surface area (Å²) >= 11 is 0. The van der Waals surface area contributed by atoms with E-state index >= 15 is 0 Å². The van der Waals surface area contributed by atoms with Crippen LogP contribution >= 0.6 is 0 Å². The smallest absolute Gasteiger partial charge is 0.330 e. The standard InChI is InChI=1S/C24H42O4/c1-3-5-7-9-11-13-17-21-27-23(25)19-15-16-20-24(26)28-22-18-14-12-10-8-6-4-2/h15-16,19-20H,3-14,17-18,21-22H2,1-2H3/b19-15+,20-16+. The lowest BCUT2D eigenvalue weighted by Crippen LogP contribution is -2.03. The zero-order chi connectivity index (χ0) is 20.7. The van der Waals surface area contributed by atoms with Crippen LogP contribution in [-0.4, -0.2) is 25.2 Å². The van der Waals surface area contributed by atoms with E-state index in [1.807, 2.05) is 0 Å². The summed E-state index contributed by atoms with van der Waals surface area (Å²) in [5.41, 5.74) is 0. The Balaban J connectivity index is 3.53. The van der Waals surface area contributed by atoms with Crippen molar-refractivity contribution in [2.75, 3.05) is 13.2 Å². The van der Waals surface area contributed by atoms with Gasteiger partial charge in [-0.3, -0.25) is 0 Å². The lowest BCUT2D eigenvalue weighted by molar-refractivity contribution is -0.138. The van der Waals surface area contributed by atoms with Gasteiger partial charge >= 0.3 is 11.9 Å². The molecule has 0 saturated carbocycles. The van der Waals surface area contributed by atoms with Crippen LogP contribution < -0.4 is 0 Å². The zero-order valence-corrected chi connectivity index (χ0v) is 18.3. The molecule has 0 unspecified atom stereocenters. The third-order valence-electron chi connectivity index (χ3n) is 4.56. The van der Waals surface area contributed by atoms with Crippen LogP contribution in [0.4, 0.5) is 0 Å². The second-order valence-electron chi connectivity index (χ2n) is 7.30. The molecule has 0 rings (SSSR count). The Hall–Kier alpha value is -1.58. The summed E-state index contributed by atoms with van der Waals surface area (Å²) in [6, 6.07) is 0. The topological polar surface area (TPSA) is 52.6 Å². The lowest BCUT2D eigenvalue weighted by atomic mass is 10.1. The molecule has 0 radical (unpaired) electrons. The van der Waals surface area contributed by atoms with Crippen LogP contribution in [0.15, 0.2) is 24.3 Å². The van der Waals surface area contributed by atoms with Gasteiger partial charge in [0.2, 0.25) is 0 Å². The fourth-order valence-corrected chi connectivity index (χ4v) is 2.83. The van der Waals surface area contributed by atoms with Crippen LogP contribution in [0.3, 0.4) is 0 Å². The summed E-state index contributed by atoms with van der Waals surface area (Å²) in [4.78, 5) is 23.1. The van der Waals surface area contributed by atoms with Gasteiger partial charge in [-0.1, -0.05) is 103 Å². The highest BCUT2D eigenvalue weighted by Gasteiger charge is 1.98. The number of ether oxygens (including phenoxy) is 2. The van der Waals surface area contributed by atoms with Crippen molar-refractivity contribution in [2.24, 2.45) is 0 Å². The first-order valence-electron chi connectivity index (χ1n) is 11.4. The van der Waals surface area contributed by atoms with Gasteiger partial charge in [0.15, 0.2) is 0 Å². The van der Waals surface area contributed by atoms with Gasteiger partial charge in [0, 0.05) is 12.2 Å². The molecule has 0 heterocycles. The van der Waals surface area contributed by atoms with Gasteiger partial charge in [0.25, 0.3) is 0 Å². The maximum Gasteiger partial charge on any atom is 0.330 e. The quantitative estimate of drug-likeness (QED) is 0.106. The second kappa shape index (κ2) is 21.7. The highest BCUT2D eigenvalue weighted by molar-refractivity contribution is 5.84. The van der Waals surface area contributed by atoms with Crippen LogP contribution in [0.1, 0.15) is 104 Å². The minimum Gasteiger partial charge on any atom is -0.463 e. The van der Waals surface area contributed by atoms with E-state index in [9.17, 15) is 9.59 Å². The van der Waals surface area contributed by atoms with E-state index in [1.165, 1.54) is 88.5 Å². The zero-order valence-electron chi connectivity index (χ0n) is 18.3. The average Bonchev–Trinajstić information content (AvgIpc) is 2.69. The normalized spacial score (nSPS) is 11.4. The number of rotatable bonds is 19. The van der Waals surface area contributed by atoms with Gasteiger partial charge < -0.3 is 9.47 Å². The van der Waals surface area contributed by atoms with Crippen molar-refractivity contribution in [1.82, 2.24) is 0 Å². The van der Waals surface area contributed by atoms with Crippen LogP contribution in [0.25, 0.3) is 0 Å². The summed E-state index contributed by atoms with van der Waals surface area (Å²) in [6.07, 6.45) is 22.4. The average molecular weight is 395 g/mol. The molecular weight excluding hydrogens is 352 g/mol. The monoisotopic (exact) mass is 394 g/mol. The molecule has 28 heavy (non-hydrogen) atoms. The second-order valence-corrected chi connectivity index (χ2v) is 7.30. The van der Waals surface area contributed by atoms with Gasteiger partial charge in [0.1, 0.15) is 0 Å². The van der Waals surface area contributed by atoms with Crippen molar-refractivity contribution in [3.63, 3.8) is 0 Å². The Morgan fingerprint density at radius 1 is 0.536 bits per heavy atom. The molecule has 162 valence electrons. The fourth-order valence-electron chi connectivity index (χ4n) is 2.83. The van der Waals surface area contributed by atoms with Crippen molar-refractivity contribution in [3.8, 4) is 0 Å². The number of hydrogen-bond acceptors (Lipinski definition) is 4. The molecule has 0 aromatic carbocycles. The third-order valence-corrected chi connectivity index (χ3v) is 4.56. The molecule has 0 fully saturated rings. The van der Waals surface area contributed by atoms with Gasteiger partial charge in [-0.25, -0.2) is 9.59 Å². The molecule has 0 aliphatic rings. The first-order valence-corrected chi connectivity index (χ1v) is 11.4. The SMILES string of the molecule is CCCCCCCCCOC(=O)/C=C/C=C/C(=O)OCCCCCCCCC. The van der Waals surface area contributed by atoms with Gasteiger partial charge in [-0.2, -0.15) is 0 Å². The van der Waals surface area contributed by atoms with Crippen molar-refractivity contribution < 1.29 is 19.1 Å². The van der Waals surface area contributed by atoms with Crippen LogP contribution in [-0.2, 0) is 19.1 Å². The molecule has 0 saturated heterocycles. The molecule has 0 aliphatic heterocycles. The van der Waals surface area contributed by atoms with E-state index in [0.29, 0.717) is 13.2 Å². The molecule has 0 N–H and O–H groups in total. The Morgan fingerprint density at radius 3 is 1.21 bits per heavy atom. The molecule has 4 nitrogen and oxygen atoms in total. The van der Waals surface area contributed by atoms with Crippen LogP contribution in [0, 0.1) is 0 Å².